The van der Waals surface area contributed by atoms with E-state index in [1.165, 1.54) is 12.5 Å². The molecule has 1 aliphatic carbocycles. The van der Waals surface area contributed by atoms with Crippen LogP contribution in [-0.2, 0) is 4.74 Å². The van der Waals surface area contributed by atoms with E-state index in [-0.39, 0.29) is 17.0 Å². The molecule has 2 fully saturated rings. The molecule has 24 heavy (non-hydrogen) atoms. The Morgan fingerprint density at radius 2 is 1.83 bits per heavy atom. The first kappa shape index (κ1) is 17.3. The van der Waals surface area contributed by atoms with E-state index in [9.17, 15) is 13.6 Å². The number of ether oxygens (including phenoxy) is 1. The van der Waals surface area contributed by atoms with Crippen LogP contribution in [0.25, 0.3) is 0 Å². The molecule has 1 aromatic carbocycles. The quantitative estimate of drug-likeness (QED) is 0.918. The van der Waals surface area contributed by atoms with Crippen molar-refractivity contribution in [2.75, 3.05) is 32.8 Å². The third-order valence-electron chi connectivity index (χ3n) is 5.23. The molecule has 132 valence electrons. The van der Waals surface area contributed by atoms with Crippen molar-refractivity contribution in [3.05, 3.63) is 35.4 Å². The Morgan fingerprint density at radius 1 is 1.12 bits per heavy atom. The molecular weight excluding hydrogens is 314 g/mol. The second-order valence-electron chi connectivity index (χ2n) is 6.70. The van der Waals surface area contributed by atoms with Gasteiger partial charge in [0.1, 0.15) is 0 Å². The van der Waals surface area contributed by atoms with Gasteiger partial charge in [-0.15, -0.1) is 0 Å². The van der Waals surface area contributed by atoms with Gasteiger partial charge in [0.25, 0.3) is 5.91 Å². The Morgan fingerprint density at radius 3 is 2.50 bits per heavy atom. The van der Waals surface area contributed by atoms with Gasteiger partial charge >= 0.3 is 0 Å². The van der Waals surface area contributed by atoms with Crippen molar-refractivity contribution in [2.24, 2.45) is 0 Å². The summed E-state index contributed by atoms with van der Waals surface area (Å²) in [5.74, 6) is -2.29. The summed E-state index contributed by atoms with van der Waals surface area (Å²) in [5, 5.41) is 2.94. The van der Waals surface area contributed by atoms with Crippen molar-refractivity contribution in [1.29, 1.82) is 0 Å². The first-order valence-electron chi connectivity index (χ1n) is 8.67. The summed E-state index contributed by atoms with van der Waals surface area (Å²) in [6, 6.07) is 3.26. The van der Waals surface area contributed by atoms with E-state index in [0.717, 1.165) is 64.1 Å². The van der Waals surface area contributed by atoms with Gasteiger partial charge in [-0.1, -0.05) is 19.3 Å². The van der Waals surface area contributed by atoms with E-state index in [4.69, 9.17) is 4.74 Å². The van der Waals surface area contributed by atoms with E-state index in [1.54, 1.807) is 0 Å². The van der Waals surface area contributed by atoms with Crippen LogP contribution in [0, 0.1) is 11.6 Å². The maximum atomic E-state index is 13.3. The molecule has 1 amide bonds. The van der Waals surface area contributed by atoms with Gasteiger partial charge in [-0.05, 0) is 31.0 Å². The molecule has 2 aliphatic rings. The van der Waals surface area contributed by atoms with Gasteiger partial charge in [0.05, 0.1) is 13.2 Å². The van der Waals surface area contributed by atoms with Crippen LogP contribution >= 0.6 is 0 Å². The van der Waals surface area contributed by atoms with E-state index in [0.29, 0.717) is 6.54 Å². The average molecular weight is 338 g/mol. The van der Waals surface area contributed by atoms with Gasteiger partial charge in [0.15, 0.2) is 11.6 Å². The molecule has 1 saturated carbocycles. The van der Waals surface area contributed by atoms with E-state index in [1.807, 2.05) is 0 Å². The van der Waals surface area contributed by atoms with Crippen LogP contribution in [0.4, 0.5) is 8.78 Å². The predicted octanol–water partition coefficient (Wildman–Crippen LogP) is 2.73. The number of halogens is 2. The first-order chi connectivity index (χ1) is 11.6. The number of nitrogens with zero attached hydrogens (tertiary/aromatic N) is 1. The number of benzene rings is 1. The standard InChI is InChI=1S/C18H24F2N2O2/c19-15-5-4-14(12-16(15)20)17(23)21-13-18(6-2-1-3-7-18)22-8-10-24-11-9-22/h4-5,12H,1-3,6-11,13H2,(H,21,23). The average Bonchev–Trinajstić information content (AvgIpc) is 2.63. The molecule has 0 radical (unpaired) electrons. The second-order valence-corrected chi connectivity index (χ2v) is 6.70. The lowest BCUT2D eigenvalue weighted by molar-refractivity contribution is -0.0361. The van der Waals surface area contributed by atoms with E-state index in [2.05, 4.69) is 10.2 Å². The molecule has 4 nitrogen and oxygen atoms in total. The lowest BCUT2D eigenvalue weighted by Gasteiger charge is -2.48. The molecule has 1 aliphatic heterocycles. The minimum absolute atomic E-state index is 0.0454. The molecule has 0 atom stereocenters. The van der Waals surface area contributed by atoms with Gasteiger partial charge in [0.2, 0.25) is 0 Å². The largest absolute Gasteiger partial charge is 0.379 e. The van der Waals surface area contributed by atoms with Crippen molar-refractivity contribution in [2.45, 2.75) is 37.6 Å². The topological polar surface area (TPSA) is 41.6 Å². The Labute approximate surface area is 141 Å². The second kappa shape index (κ2) is 7.57. The Balaban J connectivity index is 1.68. The minimum Gasteiger partial charge on any atom is -0.379 e. The number of rotatable bonds is 4. The summed E-state index contributed by atoms with van der Waals surface area (Å²) in [5.41, 5.74) is 0.109. The maximum absolute atomic E-state index is 13.3. The molecule has 1 aromatic rings. The highest BCUT2D eigenvalue weighted by Crippen LogP contribution is 2.34. The Bertz CT molecular complexity index is 582. The number of carbonyl (C=O) groups is 1. The third kappa shape index (κ3) is 3.75. The number of nitrogens with one attached hydrogen (secondary N) is 1. The Hall–Kier alpha value is -1.53. The number of hydrogen-bond donors (Lipinski definition) is 1. The van der Waals surface area contributed by atoms with Crippen LogP contribution in [0.3, 0.4) is 0 Å². The zero-order valence-electron chi connectivity index (χ0n) is 13.8. The zero-order valence-corrected chi connectivity index (χ0v) is 13.8. The fourth-order valence-electron chi connectivity index (χ4n) is 3.84. The van der Waals surface area contributed by atoms with E-state index >= 15 is 0 Å². The summed E-state index contributed by atoms with van der Waals surface area (Å²) in [7, 11) is 0. The molecule has 1 heterocycles. The summed E-state index contributed by atoms with van der Waals surface area (Å²) in [6.45, 7) is 3.73. The van der Waals surface area contributed by atoms with Crippen molar-refractivity contribution in [3.63, 3.8) is 0 Å². The van der Waals surface area contributed by atoms with E-state index < -0.39 is 11.6 Å². The molecule has 0 unspecified atom stereocenters. The van der Waals surface area contributed by atoms with Crippen LogP contribution in [0.5, 0.6) is 0 Å². The highest BCUT2D eigenvalue weighted by Gasteiger charge is 2.38. The first-order valence-corrected chi connectivity index (χ1v) is 8.67. The van der Waals surface area contributed by atoms with Crippen LogP contribution in [0.2, 0.25) is 0 Å². The number of carbonyl (C=O) groups excluding carboxylic acids is 1. The summed E-state index contributed by atoms with van der Waals surface area (Å²) in [4.78, 5) is 14.8. The summed E-state index contributed by atoms with van der Waals surface area (Å²) < 4.78 is 31.8. The summed E-state index contributed by atoms with van der Waals surface area (Å²) in [6.07, 6.45) is 5.62. The SMILES string of the molecule is O=C(NCC1(N2CCOCC2)CCCCC1)c1ccc(F)c(F)c1. The highest BCUT2D eigenvalue weighted by atomic mass is 19.2. The molecule has 0 bridgehead atoms. The smallest absolute Gasteiger partial charge is 0.251 e. The van der Waals surface area contributed by atoms with Crippen LogP contribution in [0.1, 0.15) is 42.5 Å². The lowest BCUT2D eigenvalue weighted by Crippen LogP contribution is -2.59. The number of hydrogen-bond acceptors (Lipinski definition) is 3. The molecular formula is C18H24F2N2O2. The number of amides is 1. The summed E-state index contributed by atoms with van der Waals surface area (Å²) >= 11 is 0. The third-order valence-corrected chi connectivity index (χ3v) is 5.23. The van der Waals surface area contributed by atoms with Crippen molar-refractivity contribution < 1.29 is 18.3 Å². The van der Waals surface area contributed by atoms with Gasteiger partial charge in [-0.2, -0.15) is 0 Å². The molecule has 1 N–H and O–H groups in total. The monoisotopic (exact) mass is 338 g/mol. The molecule has 0 spiro atoms. The minimum atomic E-state index is -0.997. The van der Waals surface area contributed by atoms with Crippen molar-refractivity contribution >= 4 is 5.91 Å². The highest BCUT2D eigenvalue weighted by molar-refractivity contribution is 5.94. The zero-order chi connectivity index (χ0) is 17.0. The van der Waals surface area contributed by atoms with Gasteiger partial charge in [0, 0.05) is 30.7 Å². The predicted molar refractivity (Wildman–Crippen MR) is 86.9 cm³/mol. The molecule has 0 aromatic heterocycles. The van der Waals surface area contributed by atoms with Crippen LogP contribution in [0.15, 0.2) is 18.2 Å². The van der Waals surface area contributed by atoms with Gasteiger partial charge < -0.3 is 10.1 Å². The number of morpholine rings is 1. The van der Waals surface area contributed by atoms with Crippen LogP contribution in [-0.4, -0.2) is 49.2 Å². The van der Waals surface area contributed by atoms with Crippen molar-refractivity contribution in [3.8, 4) is 0 Å². The van der Waals surface area contributed by atoms with Gasteiger partial charge in [-0.25, -0.2) is 8.78 Å². The Kier molecular flexibility index (Phi) is 5.46. The van der Waals surface area contributed by atoms with Crippen LogP contribution < -0.4 is 5.32 Å². The fourth-order valence-corrected chi connectivity index (χ4v) is 3.84. The fraction of sp³-hybridized carbons (Fsp3) is 0.611. The maximum Gasteiger partial charge on any atom is 0.251 e. The normalized spacial score (nSPS) is 21.4. The van der Waals surface area contributed by atoms with Gasteiger partial charge in [-0.3, -0.25) is 9.69 Å². The molecule has 3 rings (SSSR count). The molecule has 1 saturated heterocycles. The lowest BCUT2D eigenvalue weighted by atomic mass is 9.79. The van der Waals surface area contributed by atoms with Crippen molar-refractivity contribution in [1.82, 2.24) is 10.2 Å². The molecule has 6 heteroatoms.